The molecule has 1 aromatic heterocycles. The van der Waals surface area contributed by atoms with Crippen LogP contribution < -0.4 is 10.6 Å². The fourth-order valence-corrected chi connectivity index (χ4v) is 5.82. The molecule has 0 fully saturated rings. The quantitative estimate of drug-likeness (QED) is 0.130. The molecule has 1 unspecified atom stereocenters. The van der Waals surface area contributed by atoms with Crippen LogP contribution in [0.3, 0.4) is 0 Å². The second-order valence-corrected chi connectivity index (χ2v) is 13.2. The Morgan fingerprint density at radius 3 is 2.34 bits per heavy atom. The topological polar surface area (TPSA) is 86.6 Å². The maximum absolute atomic E-state index is 12.8. The molecule has 0 saturated carbocycles. The van der Waals surface area contributed by atoms with Gasteiger partial charge in [0.1, 0.15) is 0 Å². The summed E-state index contributed by atoms with van der Waals surface area (Å²) in [7, 11) is 0. The zero-order valence-electron chi connectivity index (χ0n) is 29.7. The first kappa shape index (κ1) is 37.6. The van der Waals surface area contributed by atoms with Crippen molar-refractivity contribution in [1.82, 2.24) is 15.6 Å². The number of aliphatic hydroxyl groups excluding tert-OH is 1. The molecular formula is C41H56N4O2. The van der Waals surface area contributed by atoms with Crippen LogP contribution in [0.2, 0.25) is 0 Å². The maximum atomic E-state index is 12.8. The molecule has 4 rings (SSSR count). The third kappa shape index (κ3) is 12.7. The average Bonchev–Trinajstić information content (AvgIpc) is 3.07. The van der Waals surface area contributed by atoms with Crippen molar-refractivity contribution >= 4 is 12.1 Å². The van der Waals surface area contributed by atoms with E-state index < -0.39 is 0 Å². The first-order valence-corrected chi connectivity index (χ1v) is 17.2. The smallest absolute Gasteiger partial charge is 0.227 e. The van der Waals surface area contributed by atoms with Crippen molar-refractivity contribution in [2.75, 3.05) is 6.54 Å². The minimum absolute atomic E-state index is 0.00423. The molecule has 2 aromatic carbocycles. The van der Waals surface area contributed by atoms with Crippen LogP contribution in [0.25, 0.3) is 0 Å². The number of carbonyl (C=O) groups excluding carboxylic acids is 1. The first-order chi connectivity index (χ1) is 22.6. The Balaban J connectivity index is 0.000000502. The molecular weight excluding hydrogens is 580 g/mol. The average molecular weight is 637 g/mol. The second-order valence-electron chi connectivity index (χ2n) is 13.2. The third-order valence-electron chi connectivity index (χ3n) is 8.37. The van der Waals surface area contributed by atoms with E-state index in [1.165, 1.54) is 48.1 Å². The molecule has 0 saturated heterocycles. The molecule has 6 heteroatoms. The van der Waals surface area contributed by atoms with Crippen molar-refractivity contribution < 1.29 is 9.90 Å². The molecule has 0 radical (unpaired) electrons. The van der Waals surface area contributed by atoms with Gasteiger partial charge in [0.05, 0.1) is 18.2 Å². The summed E-state index contributed by atoms with van der Waals surface area (Å²) in [6.45, 7) is 16.1. The summed E-state index contributed by atoms with van der Waals surface area (Å²) in [6.07, 6.45) is 12.0. The number of aliphatic hydroxyl groups is 1. The number of hydrogen-bond acceptors (Lipinski definition) is 5. The van der Waals surface area contributed by atoms with E-state index in [1.807, 2.05) is 50.5 Å². The third-order valence-corrected chi connectivity index (χ3v) is 8.37. The van der Waals surface area contributed by atoms with Crippen molar-refractivity contribution in [3.8, 4) is 0 Å². The van der Waals surface area contributed by atoms with Crippen LogP contribution in [0, 0.1) is 5.92 Å². The monoisotopic (exact) mass is 636 g/mol. The lowest BCUT2D eigenvalue weighted by molar-refractivity contribution is -0.122. The van der Waals surface area contributed by atoms with Gasteiger partial charge in [-0.3, -0.25) is 14.8 Å². The number of benzene rings is 2. The van der Waals surface area contributed by atoms with E-state index in [0.717, 1.165) is 39.9 Å². The first-order valence-electron chi connectivity index (χ1n) is 17.2. The summed E-state index contributed by atoms with van der Waals surface area (Å²) in [4.78, 5) is 21.6. The van der Waals surface area contributed by atoms with Gasteiger partial charge < -0.3 is 15.7 Å². The molecule has 1 heterocycles. The fraction of sp³-hybridized carbons (Fsp3) is 0.439. The van der Waals surface area contributed by atoms with Gasteiger partial charge in [-0.05, 0) is 118 Å². The number of pyridine rings is 1. The molecule has 252 valence electrons. The molecule has 1 amide bonds. The van der Waals surface area contributed by atoms with E-state index in [2.05, 4.69) is 91.6 Å². The summed E-state index contributed by atoms with van der Waals surface area (Å²) in [6, 6.07) is 18.6. The summed E-state index contributed by atoms with van der Waals surface area (Å²) in [5, 5.41) is 16.5. The molecule has 0 aliphatic heterocycles. The van der Waals surface area contributed by atoms with E-state index in [4.69, 9.17) is 0 Å². The molecule has 3 aromatic rings. The van der Waals surface area contributed by atoms with Crippen LogP contribution in [0.15, 0.2) is 88.7 Å². The number of carbonyl (C=O) groups is 1. The van der Waals surface area contributed by atoms with Gasteiger partial charge in [-0.2, -0.15) is 0 Å². The standard InChI is InChI=1S/C32H45N3O2.C9H11N/c1-8-34-31(24(6)15-22(2)3)20-33-19-29-14-11-27(17-30(29)21-36)18-35-32(37)25(7)28-12-9-26(10-13-28)16-23(4)5;1-2-6-9-8(4-1)5-3-7-10-9/h8-15,17,23,25,33,36H,16,18-21H2,1-7H3,(H,35,37);3,5,7H,1-2,4,6H2/b31-24-,34-8?;. The minimum Gasteiger partial charge on any atom is -0.392 e. The SMILES string of the molecule is CC=N/C(CNCc1ccc(CNC(=O)C(C)c2ccc(CC(C)C)cc2)cc1CO)=C(/C)C=C(C)C.c1cnc2c(c1)CCCC2. The number of nitrogens with zero attached hydrogens (tertiary/aromatic N) is 2. The number of hydrogen-bond donors (Lipinski definition) is 3. The largest absolute Gasteiger partial charge is 0.392 e. The summed E-state index contributed by atoms with van der Waals surface area (Å²) in [5.74, 6) is 0.381. The van der Waals surface area contributed by atoms with Gasteiger partial charge in [0, 0.05) is 37.7 Å². The Kier molecular flexibility index (Phi) is 15.8. The number of nitrogens with one attached hydrogen (secondary N) is 2. The summed E-state index contributed by atoms with van der Waals surface area (Å²) >= 11 is 0. The fourth-order valence-electron chi connectivity index (χ4n) is 5.82. The second kappa shape index (κ2) is 19.7. The minimum atomic E-state index is -0.225. The zero-order chi connectivity index (χ0) is 34.2. The summed E-state index contributed by atoms with van der Waals surface area (Å²) in [5.41, 5.74) is 11.3. The van der Waals surface area contributed by atoms with Crippen molar-refractivity contribution in [2.24, 2.45) is 10.9 Å². The van der Waals surface area contributed by atoms with Gasteiger partial charge in [-0.15, -0.1) is 0 Å². The van der Waals surface area contributed by atoms with Gasteiger partial charge in [-0.1, -0.05) is 74.0 Å². The van der Waals surface area contributed by atoms with Crippen LogP contribution in [-0.2, 0) is 43.8 Å². The lowest BCUT2D eigenvalue weighted by Crippen LogP contribution is -2.27. The van der Waals surface area contributed by atoms with Gasteiger partial charge in [0.15, 0.2) is 0 Å². The van der Waals surface area contributed by atoms with E-state index in [1.54, 1.807) is 0 Å². The molecule has 6 nitrogen and oxygen atoms in total. The molecule has 1 aliphatic carbocycles. The van der Waals surface area contributed by atoms with Gasteiger partial charge in [0.25, 0.3) is 0 Å². The Morgan fingerprint density at radius 2 is 1.68 bits per heavy atom. The lowest BCUT2D eigenvalue weighted by atomic mass is 9.96. The normalized spacial score (nSPS) is 13.7. The number of allylic oxidation sites excluding steroid dienone is 3. The Bertz CT molecular complexity index is 1490. The molecule has 1 atom stereocenters. The van der Waals surface area contributed by atoms with E-state index in [9.17, 15) is 9.90 Å². The number of aryl methyl sites for hydroxylation is 2. The number of rotatable bonds is 13. The van der Waals surface area contributed by atoms with Crippen LogP contribution in [0.4, 0.5) is 0 Å². The number of aliphatic imine (C=N–C) groups is 1. The van der Waals surface area contributed by atoms with E-state index >= 15 is 0 Å². The van der Waals surface area contributed by atoms with Gasteiger partial charge >= 0.3 is 0 Å². The van der Waals surface area contributed by atoms with Gasteiger partial charge in [0.2, 0.25) is 5.91 Å². The predicted molar refractivity (Wildman–Crippen MR) is 196 cm³/mol. The van der Waals surface area contributed by atoms with Crippen LogP contribution in [0.1, 0.15) is 106 Å². The molecule has 3 N–H and O–H groups in total. The molecule has 47 heavy (non-hydrogen) atoms. The highest BCUT2D eigenvalue weighted by atomic mass is 16.3. The van der Waals surface area contributed by atoms with Crippen molar-refractivity contribution in [3.63, 3.8) is 0 Å². The van der Waals surface area contributed by atoms with Crippen LogP contribution in [0.5, 0.6) is 0 Å². The van der Waals surface area contributed by atoms with Gasteiger partial charge in [-0.25, -0.2) is 0 Å². The number of aromatic nitrogens is 1. The predicted octanol–water partition coefficient (Wildman–Crippen LogP) is 8.18. The Labute approximate surface area is 283 Å². The summed E-state index contributed by atoms with van der Waals surface area (Å²) < 4.78 is 0. The van der Waals surface area contributed by atoms with E-state index in [-0.39, 0.29) is 18.4 Å². The molecule has 0 spiro atoms. The number of fused-ring (bicyclic) bond motifs is 1. The Morgan fingerprint density at radius 1 is 0.957 bits per heavy atom. The van der Waals surface area contributed by atoms with E-state index in [0.29, 0.717) is 25.6 Å². The zero-order valence-corrected chi connectivity index (χ0v) is 29.7. The van der Waals surface area contributed by atoms with Crippen molar-refractivity contribution in [1.29, 1.82) is 0 Å². The van der Waals surface area contributed by atoms with Crippen molar-refractivity contribution in [3.05, 3.63) is 123 Å². The lowest BCUT2D eigenvalue weighted by Gasteiger charge is -2.15. The van der Waals surface area contributed by atoms with Crippen LogP contribution in [-0.4, -0.2) is 28.8 Å². The Hall–Kier alpha value is -3.87. The van der Waals surface area contributed by atoms with Crippen LogP contribution >= 0.6 is 0 Å². The van der Waals surface area contributed by atoms with Crippen molar-refractivity contribution in [2.45, 2.75) is 106 Å². The highest BCUT2D eigenvalue weighted by molar-refractivity contribution is 5.83. The highest BCUT2D eigenvalue weighted by Crippen LogP contribution is 2.20. The molecule has 0 bridgehead atoms. The highest BCUT2D eigenvalue weighted by Gasteiger charge is 2.15. The number of amides is 1. The maximum Gasteiger partial charge on any atom is 0.227 e. The molecule has 1 aliphatic rings.